The van der Waals surface area contributed by atoms with E-state index >= 15 is 0 Å². The van der Waals surface area contributed by atoms with Crippen LogP contribution < -0.4 is 10.9 Å². The van der Waals surface area contributed by atoms with Crippen molar-refractivity contribution >= 4 is 35.0 Å². The maximum atomic E-state index is 12.6. The number of amides is 1. The van der Waals surface area contributed by atoms with Crippen LogP contribution in [0, 0.1) is 6.92 Å². The molecule has 0 radical (unpaired) electrons. The molecule has 0 unspecified atom stereocenters. The van der Waals surface area contributed by atoms with Gasteiger partial charge in [0.1, 0.15) is 6.54 Å². The van der Waals surface area contributed by atoms with Crippen molar-refractivity contribution in [1.82, 2.24) is 9.55 Å². The molecule has 3 aromatic rings. The molecule has 3 rings (SSSR count). The second kappa shape index (κ2) is 8.41. The van der Waals surface area contributed by atoms with E-state index in [1.807, 2.05) is 43.5 Å². The topological polar surface area (TPSA) is 64.0 Å². The van der Waals surface area contributed by atoms with E-state index in [4.69, 9.17) is 11.6 Å². The molecule has 0 spiro atoms. The van der Waals surface area contributed by atoms with Crippen LogP contribution in [-0.4, -0.2) is 21.7 Å². The van der Waals surface area contributed by atoms with Crippen LogP contribution in [0.3, 0.4) is 0 Å². The highest BCUT2D eigenvalue weighted by atomic mass is 35.5. The van der Waals surface area contributed by atoms with Crippen molar-refractivity contribution in [2.45, 2.75) is 18.6 Å². The Morgan fingerprint density at radius 1 is 1.19 bits per heavy atom. The van der Waals surface area contributed by atoms with Gasteiger partial charge in [-0.25, -0.2) is 4.98 Å². The molecular weight excluding hydrogens is 382 g/mol. The van der Waals surface area contributed by atoms with Gasteiger partial charge in [0.05, 0.1) is 5.69 Å². The molecule has 0 aliphatic heterocycles. The van der Waals surface area contributed by atoms with E-state index < -0.39 is 0 Å². The zero-order valence-corrected chi connectivity index (χ0v) is 16.5. The predicted octanol–water partition coefficient (Wildman–Crippen LogP) is 4.23. The van der Waals surface area contributed by atoms with Gasteiger partial charge in [-0.05, 0) is 30.9 Å². The summed E-state index contributed by atoms with van der Waals surface area (Å²) in [5.41, 5.74) is 2.58. The lowest BCUT2D eigenvalue weighted by Crippen LogP contribution is -2.29. The van der Waals surface area contributed by atoms with Crippen LogP contribution in [0.15, 0.2) is 64.5 Å². The van der Waals surface area contributed by atoms with Crippen LogP contribution in [-0.2, 0) is 11.3 Å². The number of carbonyl (C=O) groups is 1. The molecule has 1 heterocycles. The van der Waals surface area contributed by atoms with Crippen LogP contribution in [0.1, 0.15) is 5.56 Å². The number of benzene rings is 2. The van der Waals surface area contributed by atoms with Crippen molar-refractivity contribution in [2.75, 3.05) is 11.6 Å². The number of hydrogen-bond acceptors (Lipinski definition) is 4. The van der Waals surface area contributed by atoms with Gasteiger partial charge >= 0.3 is 0 Å². The Kier molecular flexibility index (Phi) is 5.98. The molecule has 1 aromatic heterocycles. The molecule has 7 heteroatoms. The Bertz CT molecular complexity index is 1040. The molecule has 1 amide bonds. The first-order chi connectivity index (χ1) is 13.0. The maximum Gasteiger partial charge on any atom is 0.255 e. The van der Waals surface area contributed by atoms with Gasteiger partial charge in [0.15, 0.2) is 5.16 Å². The molecule has 138 valence electrons. The SMILES string of the molecule is CSc1nc(-c2ccccc2)cc(=O)n1CC(=O)Nc1cccc(Cl)c1C. The quantitative estimate of drug-likeness (QED) is 0.515. The van der Waals surface area contributed by atoms with E-state index in [9.17, 15) is 9.59 Å². The van der Waals surface area contributed by atoms with Gasteiger partial charge in [-0.1, -0.05) is 59.8 Å². The van der Waals surface area contributed by atoms with Crippen molar-refractivity contribution in [1.29, 1.82) is 0 Å². The summed E-state index contributed by atoms with van der Waals surface area (Å²) >= 11 is 7.41. The molecule has 0 fully saturated rings. The van der Waals surface area contributed by atoms with Crippen LogP contribution in [0.4, 0.5) is 5.69 Å². The first kappa shape index (κ1) is 19.2. The van der Waals surface area contributed by atoms with Gasteiger partial charge in [0.25, 0.3) is 5.56 Å². The predicted molar refractivity (Wildman–Crippen MR) is 111 cm³/mol. The summed E-state index contributed by atoms with van der Waals surface area (Å²) in [6.07, 6.45) is 1.83. The summed E-state index contributed by atoms with van der Waals surface area (Å²) in [6, 6.07) is 16.2. The molecule has 0 aliphatic carbocycles. The van der Waals surface area contributed by atoms with Crippen LogP contribution in [0.25, 0.3) is 11.3 Å². The smallest absolute Gasteiger partial charge is 0.255 e. The lowest BCUT2D eigenvalue weighted by atomic mass is 10.1. The van der Waals surface area contributed by atoms with Crippen molar-refractivity contribution in [3.8, 4) is 11.3 Å². The van der Waals surface area contributed by atoms with Crippen molar-refractivity contribution in [3.05, 3.63) is 75.5 Å². The number of nitrogens with one attached hydrogen (secondary N) is 1. The van der Waals surface area contributed by atoms with E-state index in [0.717, 1.165) is 11.1 Å². The minimum absolute atomic E-state index is 0.122. The Morgan fingerprint density at radius 3 is 2.63 bits per heavy atom. The van der Waals surface area contributed by atoms with Crippen molar-refractivity contribution in [2.24, 2.45) is 0 Å². The number of aromatic nitrogens is 2. The number of thioether (sulfide) groups is 1. The minimum atomic E-state index is -0.313. The summed E-state index contributed by atoms with van der Waals surface area (Å²) in [6.45, 7) is 1.71. The molecular formula is C20H18ClN3O2S. The van der Waals surface area contributed by atoms with E-state index in [1.165, 1.54) is 22.4 Å². The average molecular weight is 400 g/mol. The van der Waals surface area contributed by atoms with E-state index in [-0.39, 0.29) is 18.0 Å². The zero-order chi connectivity index (χ0) is 19.4. The summed E-state index contributed by atoms with van der Waals surface area (Å²) < 4.78 is 1.37. The molecule has 5 nitrogen and oxygen atoms in total. The fourth-order valence-corrected chi connectivity index (χ4v) is 3.36. The Labute approximate surface area is 166 Å². The highest BCUT2D eigenvalue weighted by molar-refractivity contribution is 7.98. The van der Waals surface area contributed by atoms with Crippen molar-refractivity contribution < 1.29 is 4.79 Å². The van der Waals surface area contributed by atoms with Gasteiger partial charge in [-0.2, -0.15) is 0 Å². The van der Waals surface area contributed by atoms with Gasteiger partial charge in [0.2, 0.25) is 5.91 Å². The van der Waals surface area contributed by atoms with E-state index in [0.29, 0.717) is 21.6 Å². The molecule has 0 atom stereocenters. The number of rotatable bonds is 5. The molecule has 0 saturated carbocycles. The fourth-order valence-electron chi connectivity index (χ4n) is 2.62. The second-order valence-corrected chi connectivity index (χ2v) is 7.06. The summed E-state index contributed by atoms with van der Waals surface area (Å²) in [5.74, 6) is -0.313. The maximum absolute atomic E-state index is 12.6. The summed E-state index contributed by atoms with van der Waals surface area (Å²) in [5, 5.41) is 3.86. The average Bonchev–Trinajstić information content (AvgIpc) is 2.67. The number of nitrogens with zero attached hydrogens (tertiary/aromatic N) is 2. The van der Waals surface area contributed by atoms with E-state index in [2.05, 4.69) is 10.3 Å². The van der Waals surface area contributed by atoms with Crippen LogP contribution >= 0.6 is 23.4 Å². The lowest BCUT2D eigenvalue weighted by molar-refractivity contribution is -0.116. The highest BCUT2D eigenvalue weighted by Gasteiger charge is 2.14. The number of hydrogen-bond donors (Lipinski definition) is 1. The molecule has 2 aromatic carbocycles. The number of anilines is 1. The Morgan fingerprint density at radius 2 is 1.93 bits per heavy atom. The number of halogens is 1. The molecule has 0 saturated heterocycles. The molecule has 0 aliphatic rings. The first-order valence-corrected chi connectivity index (χ1v) is 9.86. The third kappa shape index (κ3) is 4.40. The fraction of sp³-hybridized carbons (Fsp3) is 0.150. The van der Waals surface area contributed by atoms with Crippen LogP contribution in [0.5, 0.6) is 0 Å². The zero-order valence-electron chi connectivity index (χ0n) is 14.9. The van der Waals surface area contributed by atoms with Gasteiger partial charge < -0.3 is 5.32 Å². The van der Waals surface area contributed by atoms with Gasteiger partial charge in [-0.3, -0.25) is 14.2 Å². The Hall–Kier alpha value is -2.57. The summed E-state index contributed by atoms with van der Waals surface area (Å²) in [7, 11) is 0. The normalized spacial score (nSPS) is 10.6. The van der Waals surface area contributed by atoms with Gasteiger partial charge in [-0.15, -0.1) is 0 Å². The Balaban J connectivity index is 1.87. The largest absolute Gasteiger partial charge is 0.324 e. The van der Waals surface area contributed by atoms with Crippen LogP contribution in [0.2, 0.25) is 5.02 Å². The molecule has 0 bridgehead atoms. The first-order valence-electron chi connectivity index (χ1n) is 8.26. The number of carbonyl (C=O) groups excluding carboxylic acids is 1. The molecule has 27 heavy (non-hydrogen) atoms. The van der Waals surface area contributed by atoms with Gasteiger partial charge in [0, 0.05) is 22.3 Å². The van der Waals surface area contributed by atoms with E-state index in [1.54, 1.807) is 18.2 Å². The van der Waals surface area contributed by atoms with Crippen molar-refractivity contribution in [3.63, 3.8) is 0 Å². The third-order valence-electron chi connectivity index (χ3n) is 4.07. The third-order valence-corrected chi connectivity index (χ3v) is 5.16. The monoisotopic (exact) mass is 399 g/mol. The summed E-state index contributed by atoms with van der Waals surface area (Å²) in [4.78, 5) is 29.6. The highest BCUT2D eigenvalue weighted by Crippen LogP contribution is 2.23. The molecule has 1 N–H and O–H groups in total. The minimum Gasteiger partial charge on any atom is -0.324 e. The second-order valence-electron chi connectivity index (χ2n) is 5.88. The standard InChI is InChI=1S/C20H18ClN3O2S/c1-13-15(21)9-6-10-16(13)22-18(25)12-24-19(26)11-17(23-20(24)27-2)14-7-4-3-5-8-14/h3-11H,12H2,1-2H3,(H,22,25). The lowest BCUT2D eigenvalue weighted by Gasteiger charge is -2.13.